The fourth-order valence-electron chi connectivity index (χ4n) is 4.97. The Kier molecular flexibility index (Phi) is 7.62. The van der Waals surface area contributed by atoms with Crippen molar-refractivity contribution >= 4 is 40.7 Å². The molecule has 0 spiro atoms. The van der Waals surface area contributed by atoms with Gasteiger partial charge in [0.2, 0.25) is 6.79 Å². The number of nitrogens with zero attached hydrogens (tertiary/aromatic N) is 2. The van der Waals surface area contributed by atoms with Crippen molar-refractivity contribution in [2.75, 3.05) is 13.4 Å². The Bertz CT molecular complexity index is 1890. The van der Waals surface area contributed by atoms with Crippen LogP contribution in [0.15, 0.2) is 82.1 Å². The topological polar surface area (TPSA) is 88.4 Å². The summed E-state index contributed by atoms with van der Waals surface area (Å²) in [4.78, 5) is 33.2. The van der Waals surface area contributed by atoms with Crippen LogP contribution in [0.4, 0.5) is 0 Å². The first-order chi connectivity index (χ1) is 20.3. The van der Waals surface area contributed by atoms with Gasteiger partial charge in [-0.2, -0.15) is 0 Å². The molecule has 1 aromatic heterocycles. The van der Waals surface area contributed by atoms with Gasteiger partial charge in [-0.05, 0) is 62.7 Å². The molecular weight excluding hydrogens is 576 g/mol. The van der Waals surface area contributed by atoms with E-state index in [9.17, 15) is 9.59 Å². The van der Waals surface area contributed by atoms with Crippen LogP contribution in [0.1, 0.15) is 43.5 Å². The minimum Gasteiger partial charge on any atom is -0.490 e. The van der Waals surface area contributed by atoms with E-state index in [1.165, 1.54) is 11.3 Å². The quantitative estimate of drug-likeness (QED) is 0.273. The summed E-state index contributed by atoms with van der Waals surface area (Å²) in [7, 11) is 0. The molecule has 0 radical (unpaired) electrons. The zero-order chi connectivity index (χ0) is 29.4. The zero-order valence-corrected chi connectivity index (χ0v) is 24.7. The largest absolute Gasteiger partial charge is 0.490 e. The van der Waals surface area contributed by atoms with E-state index in [0.717, 1.165) is 5.56 Å². The van der Waals surface area contributed by atoms with Crippen molar-refractivity contribution in [1.82, 2.24) is 4.57 Å². The van der Waals surface area contributed by atoms with E-state index < -0.39 is 12.0 Å². The van der Waals surface area contributed by atoms with E-state index in [2.05, 4.69) is 0 Å². The van der Waals surface area contributed by atoms with Gasteiger partial charge in [0.1, 0.15) is 5.75 Å². The fourth-order valence-corrected chi connectivity index (χ4v) is 6.15. The minimum atomic E-state index is -0.835. The molecule has 2 aliphatic rings. The Balaban J connectivity index is 1.63. The molecule has 0 aliphatic carbocycles. The zero-order valence-electron chi connectivity index (χ0n) is 23.1. The molecule has 214 valence electrons. The number of benzene rings is 3. The maximum Gasteiger partial charge on any atom is 0.338 e. The number of esters is 1. The second-order valence-corrected chi connectivity index (χ2v) is 11.3. The third-order valence-corrected chi connectivity index (χ3v) is 7.93. The van der Waals surface area contributed by atoms with Gasteiger partial charge in [-0.1, -0.05) is 59.3 Å². The summed E-state index contributed by atoms with van der Waals surface area (Å²) >= 11 is 7.55. The molecule has 0 saturated carbocycles. The highest BCUT2D eigenvalue weighted by Crippen LogP contribution is 2.40. The highest BCUT2D eigenvalue weighted by molar-refractivity contribution is 7.07. The van der Waals surface area contributed by atoms with E-state index >= 15 is 0 Å². The van der Waals surface area contributed by atoms with Gasteiger partial charge in [0.15, 0.2) is 16.3 Å². The molecule has 0 bridgehead atoms. The van der Waals surface area contributed by atoms with Crippen molar-refractivity contribution in [1.29, 1.82) is 0 Å². The van der Waals surface area contributed by atoms with Crippen molar-refractivity contribution in [3.05, 3.63) is 114 Å². The number of ether oxygens (including phenoxy) is 4. The van der Waals surface area contributed by atoms with Crippen LogP contribution in [0.2, 0.25) is 5.02 Å². The van der Waals surface area contributed by atoms with Crippen LogP contribution in [-0.2, 0) is 9.53 Å². The lowest BCUT2D eigenvalue weighted by atomic mass is 9.93. The van der Waals surface area contributed by atoms with E-state index in [0.29, 0.717) is 48.4 Å². The average Bonchev–Trinajstić information content (AvgIpc) is 3.57. The Morgan fingerprint density at radius 1 is 1.12 bits per heavy atom. The van der Waals surface area contributed by atoms with Gasteiger partial charge < -0.3 is 18.9 Å². The van der Waals surface area contributed by atoms with Crippen LogP contribution in [0.5, 0.6) is 17.2 Å². The van der Waals surface area contributed by atoms with Gasteiger partial charge in [0.05, 0.1) is 34.6 Å². The number of aromatic nitrogens is 1. The van der Waals surface area contributed by atoms with Crippen molar-refractivity contribution in [3.63, 3.8) is 0 Å². The summed E-state index contributed by atoms with van der Waals surface area (Å²) in [5.41, 5.74) is 2.43. The molecule has 3 aromatic carbocycles. The van der Waals surface area contributed by atoms with Gasteiger partial charge in [-0.15, -0.1) is 0 Å². The standard InChI is InChI=1S/C32H27ClN2O6S/c1-4-38-31(37)27-28(19-8-6-5-7-9-19)34-32-35(29(27)20-10-12-24-25(15-20)40-17-39-24)30(36)26(42-32)16-21-14-22(33)11-13-23(21)41-18(2)3/h5-16,18,29H,4,17H2,1-3H3/b26-16+/t29-/m0/s1. The molecule has 3 heterocycles. The second kappa shape index (κ2) is 11.5. The third-order valence-electron chi connectivity index (χ3n) is 6.71. The first-order valence-corrected chi connectivity index (χ1v) is 14.7. The maximum absolute atomic E-state index is 14.2. The molecule has 42 heavy (non-hydrogen) atoms. The van der Waals surface area contributed by atoms with Crippen LogP contribution in [-0.4, -0.2) is 30.0 Å². The van der Waals surface area contributed by atoms with Crippen LogP contribution in [0.25, 0.3) is 11.8 Å². The molecule has 4 aromatic rings. The lowest BCUT2D eigenvalue weighted by molar-refractivity contribution is -0.138. The monoisotopic (exact) mass is 602 g/mol. The highest BCUT2D eigenvalue weighted by atomic mass is 35.5. The molecule has 0 saturated heterocycles. The van der Waals surface area contributed by atoms with Crippen LogP contribution >= 0.6 is 22.9 Å². The van der Waals surface area contributed by atoms with Crippen molar-refractivity contribution in [3.8, 4) is 17.2 Å². The summed E-state index contributed by atoms with van der Waals surface area (Å²) < 4.78 is 24.6. The summed E-state index contributed by atoms with van der Waals surface area (Å²) in [6.45, 7) is 5.86. The van der Waals surface area contributed by atoms with Crippen molar-refractivity contribution in [2.24, 2.45) is 4.99 Å². The highest BCUT2D eigenvalue weighted by Gasteiger charge is 2.36. The molecule has 10 heteroatoms. The minimum absolute atomic E-state index is 0.0777. The fraction of sp³-hybridized carbons (Fsp3) is 0.219. The van der Waals surface area contributed by atoms with E-state index in [1.807, 2.05) is 50.2 Å². The number of fused-ring (bicyclic) bond motifs is 2. The van der Waals surface area contributed by atoms with Crippen LogP contribution < -0.4 is 29.1 Å². The molecule has 0 amide bonds. The normalized spacial score (nSPS) is 15.9. The summed E-state index contributed by atoms with van der Waals surface area (Å²) in [5.74, 6) is 1.17. The van der Waals surface area contributed by atoms with Crippen LogP contribution in [0.3, 0.4) is 0 Å². The average molecular weight is 603 g/mol. The third kappa shape index (κ3) is 5.21. The number of hydrogen-bond donors (Lipinski definition) is 0. The first kappa shape index (κ1) is 27.8. The van der Waals surface area contributed by atoms with Gasteiger partial charge in [-0.25, -0.2) is 9.79 Å². The molecule has 2 aliphatic heterocycles. The molecule has 0 fully saturated rings. The smallest absolute Gasteiger partial charge is 0.338 e. The van der Waals surface area contributed by atoms with Crippen LogP contribution in [0, 0.1) is 0 Å². The van der Waals surface area contributed by atoms with E-state index in [4.69, 9.17) is 35.5 Å². The summed E-state index contributed by atoms with van der Waals surface area (Å²) in [6.07, 6.45) is 1.67. The summed E-state index contributed by atoms with van der Waals surface area (Å²) in [6, 6.07) is 19.3. The molecule has 1 atom stereocenters. The number of hydrogen-bond acceptors (Lipinski definition) is 8. The van der Waals surface area contributed by atoms with Gasteiger partial charge in [-0.3, -0.25) is 9.36 Å². The van der Waals surface area contributed by atoms with Gasteiger partial charge >= 0.3 is 5.97 Å². The Morgan fingerprint density at radius 3 is 2.67 bits per heavy atom. The molecule has 8 nitrogen and oxygen atoms in total. The lowest BCUT2D eigenvalue weighted by Gasteiger charge is -2.26. The van der Waals surface area contributed by atoms with Gasteiger partial charge in [0, 0.05) is 16.1 Å². The van der Waals surface area contributed by atoms with Crippen molar-refractivity contribution in [2.45, 2.75) is 32.9 Å². The Hall–Kier alpha value is -4.34. The number of halogens is 1. The maximum atomic E-state index is 14.2. The molecule has 0 unspecified atom stereocenters. The predicted octanol–water partition coefficient (Wildman–Crippen LogP) is 5.10. The summed E-state index contributed by atoms with van der Waals surface area (Å²) in [5, 5.41) is 0.513. The molecular formula is C32H27ClN2O6S. The van der Waals surface area contributed by atoms with Gasteiger partial charge in [0.25, 0.3) is 5.56 Å². The Morgan fingerprint density at radius 2 is 1.90 bits per heavy atom. The molecule has 6 rings (SSSR count). The first-order valence-electron chi connectivity index (χ1n) is 13.5. The van der Waals surface area contributed by atoms with E-state index in [-0.39, 0.29) is 30.6 Å². The number of rotatable bonds is 7. The Labute approximate surface area is 250 Å². The number of thiazole rings is 1. The lowest BCUT2D eigenvalue weighted by Crippen LogP contribution is -2.40. The number of carbonyl (C=O) groups is 1. The van der Waals surface area contributed by atoms with Crippen molar-refractivity contribution < 1.29 is 23.7 Å². The second-order valence-electron chi connectivity index (χ2n) is 9.89. The predicted molar refractivity (Wildman–Crippen MR) is 161 cm³/mol. The molecule has 0 N–H and O–H groups in total. The SMILES string of the molecule is CCOC(=O)C1=C(c2ccccc2)N=c2s/c(=C/c3cc(Cl)ccc3OC(C)C)c(=O)n2[C@H]1c1ccc2c(c1)OCO2. The number of carbonyl (C=O) groups excluding carboxylic acids is 1. The van der Waals surface area contributed by atoms with E-state index in [1.54, 1.807) is 47.9 Å².